The molecule has 0 aromatic heterocycles. The van der Waals surface area contributed by atoms with Crippen molar-refractivity contribution in [3.8, 4) is 5.75 Å². The van der Waals surface area contributed by atoms with Crippen molar-refractivity contribution in [1.29, 1.82) is 0 Å². The molecule has 1 aromatic carbocycles. The van der Waals surface area contributed by atoms with Gasteiger partial charge in [-0.05, 0) is 36.1 Å². The van der Waals surface area contributed by atoms with Crippen LogP contribution >= 0.6 is 0 Å². The molecule has 1 aliphatic rings. The number of hydrogen-bond acceptors (Lipinski definition) is 3. The molecule has 0 radical (unpaired) electrons. The van der Waals surface area contributed by atoms with Gasteiger partial charge in [-0.3, -0.25) is 4.79 Å². The number of carboxylic acids is 1. The summed E-state index contributed by atoms with van der Waals surface area (Å²) < 4.78 is 10.3. The Morgan fingerprint density at radius 1 is 1.33 bits per heavy atom. The normalized spacial score (nSPS) is 17.0. The van der Waals surface area contributed by atoms with Gasteiger partial charge in [0.25, 0.3) is 0 Å². The number of benzene rings is 1. The van der Waals surface area contributed by atoms with E-state index in [0.717, 1.165) is 17.5 Å². The molecular weight excluding hydrogens is 232 g/mol. The maximum atomic E-state index is 11.5. The first-order valence-electron chi connectivity index (χ1n) is 6.03. The van der Waals surface area contributed by atoms with Gasteiger partial charge in [-0.1, -0.05) is 12.5 Å². The Bertz CT molecular complexity index is 449. The lowest BCUT2D eigenvalue weighted by atomic mass is 9.64. The van der Waals surface area contributed by atoms with E-state index in [1.165, 1.54) is 0 Å². The van der Waals surface area contributed by atoms with Crippen molar-refractivity contribution in [3.63, 3.8) is 0 Å². The molecule has 1 N–H and O–H groups in total. The van der Waals surface area contributed by atoms with E-state index in [2.05, 4.69) is 0 Å². The summed E-state index contributed by atoms with van der Waals surface area (Å²) in [6.07, 6.45) is 2.35. The highest BCUT2D eigenvalue weighted by Gasteiger charge is 2.46. The minimum absolute atomic E-state index is 0.458. The average molecular weight is 250 g/mol. The first-order chi connectivity index (χ1) is 8.62. The lowest BCUT2D eigenvalue weighted by Crippen LogP contribution is -2.42. The number of methoxy groups -OCH3 is 2. The van der Waals surface area contributed by atoms with Crippen LogP contribution in [-0.4, -0.2) is 25.3 Å². The van der Waals surface area contributed by atoms with Crippen molar-refractivity contribution in [2.24, 2.45) is 0 Å². The molecule has 4 nitrogen and oxygen atoms in total. The fourth-order valence-electron chi connectivity index (χ4n) is 2.46. The highest BCUT2D eigenvalue weighted by molar-refractivity contribution is 5.82. The second-order valence-corrected chi connectivity index (χ2v) is 4.74. The van der Waals surface area contributed by atoms with Gasteiger partial charge >= 0.3 is 5.97 Å². The first kappa shape index (κ1) is 12.9. The smallest absolute Gasteiger partial charge is 0.314 e. The maximum absolute atomic E-state index is 11.5. The molecule has 1 aliphatic carbocycles. The fraction of sp³-hybridized carbons (Fsp3) is 0.500. The summed E-state index contributed by atoms with van der Waals surface area (Å²) in [5, 5.41) is 9.45. The Kier molecular flexibility index (Phi) is 3.57. The first-order valence-corrected chi connectivity index (χ1v) is 6.03. The van der Waals surface area contributed by atoms with Crippen LogP contribution in [0.3, 0.4) is 0 Å². The van der Waals surface area contributed by atoms with Gasteiger partial charge in [0.2, 0.25) is 0 Å². The second kappa shape index (κ2) is 4.98. The number of carbonyl (C=O) groups is 1. The largest absolute Gasteiger partial charge is 0.497 e. The molecule has 1 saturated carbocycles. The fourth-order valence-corrected chi connectivity index (χ4v) is 2.46. The zero-order chi connectivity index (χ0) is 13.2. The molecule has 2 rings (SSSR count). The van der Waals surface area contributed by atoms with Gasteiger partial charge in [0.15, 0.2) is 0 Å². The van der Waals surface area contributed by atoms with Crippen LogP contribution in [0, 0.1) is 0 Å². The third-order valence-corrected chi connectivity index (χ3v) is 3.68. The summed E-state index contributed by atoms with van der Waals surface area (Å²) in [6.45, 7) is 0.458. The molecule has 98 valence electrons. The van der Waals surface area contributed by atoms with Crippen molar-refractivity contribution >= 4 is 5.97 Å². The molecule has 0 spiro atoms. The molecule has 0 atom stereocenters. The van der Waals surface area contributed by atoms with Crippen LogP contribution in [0.4, 0.5) is 0 Å². The van der Waals surface area contributed by atoms with Crippen LogP contribution in [0.15, 0.2) is 18.2 Å². The quantitative estimate of drug-likeness (QED) is 0.871. The lowest BCUT2D eigenvalue weighted by molar-refractivity contribution is -0.147. The van der Waals surface area contributed by atoms with E-state index in [1.807, 2.05) is 18.2 Å². The zero-order valence-electron chi connectivity index (χ0n) is 10.7. The van der Waals surface area contributed by atoms with Crippen molar-refractivity contribution in [3.05, 3.63) is 29.3 Å². The van der Waals surface area contributed by atoms with Gasteiger partial charge in [0.1, 0.15) is 5.75 Å². The number of carboxylic acid groups (broad SMARTS) is 1. The molecule has 4 heteroatoms. The van der Waals surface area contributed by atoms with Crippen LogP contribution < -0.4 is 4.74 Å². The van der Waals surface area contributed by atoms with Crippen LogP contribution in [0.2, 0.25) is 0 Å². The monoisotopic (exact) mass is 250 g/mol. The van der Waals surface area contributed by atoms with Crippen molar-refractivity contribution in [2.45, 2.75) is 31.3 Å². The number of ether oxygens (including phenoxy) is 2. The molecule has 1 aromatic rings. The molecule has 0 heterocycles. The standard InChI is InChI=1S/C14H18O4/c1-17-9-10-6-11(8-12(7-10)18-2)14(13(15)16)4-3-5-14/h6-8H,3-5,9H2,1-2H3,(H,15,16). The third kappa shape index (κ3) is 2.08. The maximum Gasteiger partial charge on any atom is 0.314 e. The minimum atomic E-state index is -0.745. The van der Waals surface area contributed by atoms with Crippen molar-refractivity contribution in [1.82, 2.24) is 0 Å². The van der Waals surface area contributed by atoms with Crippen LogP contribution in [0.1, 0.15) is 30.4 Å². The van der Waals surface area contributed by atoms with Crippen molar-refractivity contribution in [2.75, 3.05) is 14.2 Å². The van der Waals surface area contributed by atoms with Crippen molar-refractivity contribution < 1.29 is 19.4 Å². The van der Waals surface area contributed by atoms with E-state index in [-0.39, 0.29) is 0 Å². The van der Waals surface area contributed by atoms with E-state index in [0.29, 0.717) is 25.2 Å². The highest BCUT2D eigenvalue weighted by Crippen LogP contribution is 2.45. The van der Waals surface area contributed by atoms with Gasteiger partial charge in [-0.15, -0.1) is 0 Å². The molecule has 0 saturated heterocycles. The number of hydrogen-bond donors (Lipinski definition) is 1. The molecule has 1 fully saturated rings. The SMILES string of the molecule is COCc1cc(OC)cc(C2(C(=O)O)CCC2)c1. The Labute approximate surface area is 107 Å². The van der Waals surface area contributed by atoms with E-state index in [9.17, 15) is 9.90 Å². The summed E-state index contributed by atoms with van der Waals surface area (Å²) in [7, 11) is 3.21. The third-order valence-electron chi connectivity index (χ3n) is 3.68. The van der Waals surface area contributed by atoms with Crippen LogP contribution in [-0.2, 0) is 21.6 Å². The summed E-state index contributed by atoms with van der Waals surface area (Å²) in [5.41, 5.74) is 1.05. The minimum Gasteiger partial charge on any atom is -0.497 e. The summed E-state index contributed by atoms with van der Waals surface area (Å²) in [4.78, 5) is 11.5. The second-order valence-electron chi connectivity index (χ2n) is 4.74. The topological polar surface area (TPSA) is 55.8 Å². The summed E-state index contributed by atoms with van der Waals surface area (Å²) in [5.74, 6) is -0.0579. The zero-order valence-corrected chi connectivity index (χ0v) is 10.7. The van der Waals surface area contributed by atoms with E-state index >= 15 is 0 Å². The summed E-state index contributed by atoms with van der Waals surface area (Å²) >= 11 is 0. The van der Waals surface area contributed by atoms with Gasteiger partial charge in [0, 0.05) is 7.11 Å². The number of aliphatic carboxylic acids is 1. The Balaban J connectivity index is 2.42. The highest BCUT2D eigenvalue weighted by atomic mass is 16.5. The average Bonchev–Trinajstić information content (AvgIpc) is 2.27. The Hall–Kier alpha value is -1.55. The Morgan fingerprint density at radius 2 is 2.06 bits per heavy atom. The van der Waals surface area contributed by atoms with Crippen LogP contribution in [0.25, 0.3) is 0 Å². The Morgan fingerprint density at radius 3 is 2.50 bits per heavy atom. The summed E-state index contributed by atoms with van der Waals surface area (Å²) in [6, 6.07) is 5.62. The number of rotatable bonds is 5. The van der Waals surface area contributed by atoms with Gasteiger partial charge in [-0.25, -0.2) is 0 Å². The molecule has 0 unspecified atom stereocenters. The lowest BCUT2D eigenvalue weighted by Gasteiger charge is -2.38. The van der Waals surface area contributed by atoms with Gasteiger partial charge < -0.3 is 14.6 Å². The predicted molar refractivity (Wildman–Crippen MR) is 66.9 cm³/mol. The van der Waals surface area contributed by atoms with E-state index in [1.54, 1.807) is 14.2 Å². The van der Waals surface area contributed by atoms with Gasteiger partial charge in [-0.2, -0.15) is 0 Å². The molecule has 0 bridgehead atoms. The van der Waals surface area contributed by atoms with Gasteiger partial charge in [0.05, 0.1) is 19.1 Å². The molecular formula is C14H18O4. The molecule has 0 aliphatic heterocycles. The van der Waals surface area contributed by atoms with Crippen LogP contribution in [0.5, 0.6) is 5.75 Å². The van der Waals surface area contributed by atoms with E-state index in [4.69, 9.17) is 9.47 Å². The van der Waals surface area contributed by atoms with E-state index < -0.39 is 11.4 Å². The predicted octanol–water partition coefficient (Wildman–Crippen LogP) is 2.35. The molecule has 0 amide bonds. The molecule has 18 heavy (non-hydrogen) atoms.